The summed E-state index contributed by atoms with van der Waals surface area (Å²) in [5, 5.41) is 7.68. The van der Waals surface area contributed by atoms with Crippen LogP contribution in [0.2, 0.25) is 0 Å². The van der Waals surface area contributed by atoms with Crippen LogP contribution in [0.3, 0.4) is 0 Å². The minimum absolute atomic E-state index is 0.00365. The number of ether oxygens (including phenoxy) is 2. The Morgan fingerprint density at radius 1 is 0.750 bits per heavy atom. The van der Waals surface area contributed by atoms with E-state index >= 15 is 0 Å². The highest BCUT2D eigenvalue weighted by Crippen LogP contribution is 2.31. The molecule has 2 atom stereocenters. The molecular formula is C24H20Br2N2O4. The van der Waals surface area contributed by atoms with Gasteiger partial charge in [0.05, 0.1) is 0 Å². The molecule has 164 valence electrons. The van der Waals surface area contributed by atoms with Gasteiger partial charge < -0.3 is 19.1 Å². The molecular weight excluding hydrogens is 540 g/mol. The van der Waals surface area contributed by atoms with Crippen LogP contribution in [0.5, 0.6) is 11.5 Å². The Labute approximate surface area is 204 Å². The quantitative estimate of drug-likeness (QED) is 0.424. The number of rotatable bonds is 6. The second kappa shape index (κ2) is 12.2. The summed E-state index contributed by atoms with van der Waals surface area (Å²) in [6.07, 6.45) is 11.7. The zero-order valence-corrected chi connectivity index (χ0v) is 20.2. The van der Waals surface area contributed by atoms with Crippen LogP contribution < -0.4 is 9.47 Å². The largest absolute Gasteiger partial charge is 0.481 e. The molecule has 2 aliphatic rings. The number of halogens is 2. The maximum absolute atomic E-state index is 5.28. The van der Waals surface area contributed by atoms with Crippen molar-refractivity contribution in [3.8, 4) is 36.2 Å². The molecule has 4 rings (SSSR count). The fraction of sp³-hybridized carbons (Fsp3) is 0.250. The molecule has 0 saturated heterocycles. The van der Waals surface area contributed by atoms with Crippen molar-refractivity contribution in [2.24, 2.45) is 10.3 Å². The second-order valence-electron chi connectivity index (χ2n) is 6.66. The smallest absolute Gasteiger partial charge is 0.158 e. The summed E-state index contributed by atoms with van der Waals surface area (Å²) in [4.78, 5) is 10.5. The molecule has 8 heteroatoms. The Bertz CT molecular complexity index is 952. The first kappa shape index (κ1) is 23.7. The predicted octanol–water partition coefficient (Wildman–Crippen LogP) is 5.74. The second-order valence-corrected chi connectivity index (χ2v) is 8.49. The molecule has 32 heavy (non-hydrogen) atoms. The van der Waals surface area contributed by atoms with Gasteiger partial charge in [0.1, 0.15) is 34.0 Å². The molecule has 2 aromatic rings. The summed E-state index contributed by atoms with van der Waals surface area (Å²) in [6, 6.07) is 15.3. The standard InChI is InChI=1S/2C12H10BrNO2/c2*1-2-7-15-10-5-3-9(4-6-10)11-8-12(13)14-16-11/h2*1,3-6,11H,7-8H2/t2*11-/m10/s1. The number of nitrogens with zero attached hydrogens (tertiary/aromatic N) is 2. The van der Waals surface area contributed by atoms with E-state index in [0.717, 1.165) is 44.7 Å². The average molecular weight is 560 g/mol. The molecule has 0 spiro atoms. The fourth-order valence-corrected chi connectivity index (χ4v) is 3.62. The minimum Gasteiger partial charge on any atom is -0.481 e. The summed E-state index contributed by atoms with van der Waals surface area (Å²) in [5.74, 6) is 6.37. The lowest BCUT2D eigenvalue weighted by Gasteiger charge is -2.09. The fourth-order valence-electron chi connectivity index (χ4n) is 2.86. The summed E-state index contributed by atoms with van der Waals surface area (Å²) in [7, 11) is 0. The minimum atomic E-state index is -0.00365. The van der Waals surface area contributed by atoms with E-state index in [4.69, 9.17) is 32.0 Å². The molecule has 0 bridgehead atoms. The lowest BCUT2D eigenvalue weighted by molar-refractivity contribution is 0.0856. The van der Waals surface area contributed by atoms with Crippen molar-refractivity contribution >= 4 is 41.1 Å². The molecule has 0 radical (unpaired) electrons. The van der Waals surface area contributed by atoms with Crippen molar-refractivity contribution in [3.63, 3.8) is 0 Å². The van der Waals surface area contributed by atoms with Gasteiger partial charge >= 0.3 is 0 Å². The monoisotopic (exact) mass is 558 g/mol. The van der Waals surface area contributed by atoms with Gasteiger partial charge in [0.2, 0.25) is 0 Å². The number of hydrogen-bond acceptors (Lipinski definition) is 6. The van der Waals surface area contributed by atoms with Gasteiger partial charge in [0.25, 0.3) is 0 Å². The molecule has 0 saturated carbocycles. The van der Waals surface area contributed by atoms with Crippen molar-refractivity contribution in [2.45, 2.75) is 25.0 Å². The van der Waals surface area contributed by atoms with Crippen LogP contribution in [0.4, 0.5) is 0 Å². The Kier molecular flexibility index (Phi) is 9.03. The van der Waals surface area contributed by atoms with Gasteiger partial charge in [-0.15, -0.1) is 12.8 Å². The first-order valence-electron chi connectivity index (χ1n) is 9.68. The third-order valence-electron chi connectivity index (χ3n) is 4.41. The molecule has 0 aromatic heterocycles. The van der Waals surface area contributed by atoms with Gasteiger partial charge in [0.15, 0.2) is 12.2 Å². The van der Waals surface area contributed by atoms with E-state index in [1.807, 2.05) is 48.5 Å². The first-order chi connectivity index (χ1) is 15.6. The predicted molar refractivity (Wildman–Crippen MR) is 131 cm³/mol. The van der Waals surface area contributed by atoms with E-state index in [1.165, 1.54) is 0 Å². The highest BCUT2D eigenvalue weighted by atomic mass is 79.9. The lowest BCUT2D eigenvalue weighted by Crippen LogP contribution is -1.98. The van der Waals surface area contributed by atoms with Gasteiger partial charge in [-0.25, -0.2) is 0 Å². The summed E-state index contributed by atoms with van der Waals surface area (Å²) >= 11 is 6.61. The van der Waals surface area contributed by atoms with Gasteiger partial charge in [-0.2, -0.15) is 0 Å². The van der Waals surface area contributed by atoms with E-state index in [-0.39, 0.29) is 25.4 Å². The molecule has 6 nitrogen and oxygen atoms in total. The highest BCUT2D eigenvalue weighted by Gasteiger charge is 2.21. The Hall–Kier alpha value is -2.94. The van der Waals surface area contributed by atoms with Crippen molar-refractivity contribution in [3.05, 3.63) is 59.7 Å². The maximum Gasteiger partial charge on any atom is 0.158 e. The van der Waals surface area contributed by atoms with E-state index in [1.54, 1.807) is 0 Å². The summed E-state index contributed by atoms with van der Waals surface area (Å²) < 4.78 is 12.2. The average Bonchev–Trinajstić information content (AvgIpc) is 3.46. The number of hydrogen-bond donors (Lipinski definition) is 0. The van der Waals surface area contributed by atoms with Crippen LogP contribution in [0.15, 0.2) is 58.8 Å². The van der Waals surface area contributed by atoms with Crippen LogP contribution in [0.1, 0.15) is 36.2 Å². The Balaban J connectivity index is 0.000000181. The van der Waals surface area contributed by atoms with E-state index in [2.05, 4.69) is 54.0 Å². The zero-order chi connectivity index (χ0) is 22.8. The van der Waals surface area contributed by atoms with Crippen molar-refractivity contribution < 1.29 is 19.1 Å². The van der Waals surface area contributed by atoms with E-state index in [0.29, 0.717) is 0 Å². The van der Waals surface area contributed by atoms with Gasteiger partial charge in [-0.1, -0.05) is 46.4 Å². The number of terminal acetylenes is 2. The topological polar surface area (TPSA) is 61.6 Å². The van der Waals surface area contributed by atoms with Crippen molar-refractivity contribution in [2.75, 3.05) is 13.2 Å². The molecule has 0 fully saturated rings. The first-order valence-corrected chi connectivity index (χ1v) is 11.3. The normalized spacial score (nSPS) is 18.5. The third kappa shape index (κ3) is 7.05. The molecule has 0 unspecified atom stereocenters. The van der Waals surface area contributed by atoms with Crippen molar-refractivity contribution in [1.82, 2.24) is 0 Å². The van der Waals surface area contributed by atoms with Gasteiger partial charge in [-0.05, 0) is 67.3 Å². The van der Waals surface area contributed by atoms with E-state index < -0.39 is 0 Å². The Morgan fingerprint density at radius 3 is 1.41 bits per heavy atom. The zero-order valence-electron chi connectivity index (χ0n) is 17.0. The van der Waals surface area contributed by atoms with Crippen LogP contribution in [0.25, 0.3) is 0 Å². The number of oxime groups is 2. The van der Waals surface area contributed by atoms with Gasteiger partial charge in [-0.3, -0.25) is 0 Å². The molecule has 0 N–H and O–H groups in total. The highest BCUT2D eigenvalue weighted by molar-refractivity contribution is 9.18. The van der Waals surface area contributed by atoms with Crippen LogP contribution in [0, 0.1) is 24.7 Å². The third-order valence-corrected chi connectivity index (χ3v) is 5.35. The lowest BCUT2D eigenvalue weighted by atomic mass is 10.1. The van der Waals surface area contributed by atoms with Crippen LogP contribution >= 0.6 is 31.9 Å². The van der Waals surface area contributed by atoms with E-state index in [9.17, 15) is 0 Å². The molecule has 2 heterocycles. The number of benzene rings is 2. The van der Waals surface area contributed by atoms with Crippen molar-refractivity contribution in [1.29, 1.82) is 0 Å². The van der Waals surface area contributed by atoms with Crippen LogP contribution in [-0.2, 0) is 9.68 Å². The molecule has 2 aliphatic heterocycles. The molecule has 0 amide bonds. The molecule has 2 aromatic carbocycles. The van der Waals surface area contributed by atoms with Crippen LogP contribution in [-0.4, -0.2) is 22.5 Å². The summed E-state index contributed by atoms with van der Waals surface area (Å²) in [6.45, 7) is 0.571. The Morgan fingerprint density at radius 2 is 1.12 bits per heavy atom. The maximum atomic E-state index is 5.28. The SMILES string of the molecule is C#CCOc1ccc([C@@H]2CC(Br)=NO2)cc1.C#CCOc1ccc([C@H]2CC(Br)=NO2)cc1. The summed E-state index contributed by atoms with van der Waals surface area (Å²) in [5.41, 5.74) is 2.15. The van der Waals surface area contributed by atoms with Gasteiger partial charge in [0, 0.05) is 12.8 Å². The molecule has 0 aliphatic carbocycles.